The maximum absolute atomic E-state index is 9.73. The lowest BCUT2D eigenvalue weighted by atomic mass is 10.1. The molecule has 0 amide bonds. The Morgan fingerprint density at radius 1 is 1.37 bits per heavy atom. The number of pyridine rings is 1. The average molecular weight is 278 g/mol. The Balaban J connectivity index is 2.19. The molecule has 0 bridgehead atoms. The first-order valence-electron chi connectivity index (χ1n) is 6.07. The van der Waals surface area contributed by atoms with Crippen molar-refractivity contribution in [2.75, 3.05) is 0 Å². The van der Waals surface area contributed by atoms with E-state index in [9.17, 15) is 5.11 Å². The number of benzene rings is 1. The highest BCUT2D eigenvalue weighted by Gasteiger charge is 2.10. The van der Waals surface area contributed by atoms with Gasteiger partial charge in [0.1, 0.15) is 12.4 Å². The molecule has 0 aliphatic rings. The van der Waals surface area contributed by atoms with E-state index < -0.39 is 6.10 Å². The third-order valence-corrected chi connectivity index (χ3v) is 3.20. The van der Waals surface area contributed by atoms with E-state index in [0.29, 0.717) is 17.4 Å². The van der Waals surface area contributed by atoms with E-state index in [4.69, 9.17) is 16.3 Å². The lowest BCUT2D eigenvalue weighted by Gasteiger charge is -2.14. The number of aromatic nitrogens is 1. The van der Waals surface area contributed by atoms with Crippen molar-refractivity contribution in [1.29, 1.82) is 0 Å². The number of aliphatic hydroxyl groups excluding tert-OH is 1. The summed E-state index contributed by atoms with van der Waals surface area (Å²) in [5.41, 5.74) is 2.73. The average Bonchev–Trinajstić information content (AvgIpc) is 2.37. The van der Waals surface area contributed by atoms with Crippen LogP contribution in [0.5, 0.6) is 5.75 Å². The lowest BCUT2D eigenvalue weighted by molar-refractivity contribution is 0.190. The third kappa shape index (κ3) is 3.46. The van der Waals surface area contributed by atoms with E-state index in [-0.39, 0.29) is 0 Å². The molecule has 2 aromatic rings. The van der Waals surface area contributed by atoms with Gasteiger partial charge >= 0.3 is 0 Å². The highest BCUT2D eigenvalue weighted by atomic mass is 35.5. The van der Waals surface area contributed by atoms with E-state index in [1.807, 2.05) is 31.2 Å². The fourth-order valence-corrected chi connectivity index (χ4v) is 1.96. The van der Waals surface area contributed by atoms with E-state index >= 15 is 0 Å². The van der Waals surface area contributed by atoms with Gasteiger partial charge in [-0.25, -0.2) is 0 Å². The van der Waals surface area contributed by atoms with Crippen molar-refractivity contribution >= 4 is 11.6 Å². The first kappa shape index (κ1) is 13.8. The predicted molar refractivity (Wildman–Crippen MR) is 75.4 cm³/mol. The molecule has 100 valence electrons. The van der Waals surface area contributed by atoms with Crippen molar-refractivity contribution in [3.8, 4) is 5.75 Å². The van der Waals surface area contributed by atoms with Gasteiger partial charge in [-0.1, -0.05) is 23.7 Å². The number of nitrogens with zero attached hydrogens (tertiary/aromatic N) is 1. The Labute approximate surface area is 117 Å². The molecule has 0 saturated heterocycles. The van der Waals surface area contributed by atoms with Crippen LogP contribution in [0.3, 0.4) is 0 Å². The zero-order chi connectivity index (χ0) is 13.8. The summed E-state index contributed by atoms with van der Waals surface area (Å²) in [7, 11) is 0. The van der Waals surface area contributed by atoms with Gasteiger partial charge in [-0.3, -0.25) is 4.98 Å². The van der Waals surface area contributed by atoms with Crippen LogP contribution in [0.2, 0.25) is 5.02 Å². The van der Waals surface area contributed by atoms with Crippen LogP contribution in [-0.4, -0.2) is 10.1 Å². The molecule has 3 nitrogen and oxygen atoms in total. The van der Waals surface area contributed by atoms with Crippen LogP contribution in [0.15, 0.2) is 36.7 Å². The van der Waals surface area contributed by atoms with Crippen molar-refractivity contribution in [3.05, 3.63) is 58.4 Å². The normalized spacial score (nSPS) is 12.2. The third-order valence-electron chi connectivity index (χ3n) is 2.86. The molecule has 1 aromatic carbocycles. The quantitative estimate of drug-likeness (QED) is 0.927. The smallest absolute Gasteiger partial charge is 0.125 e. The number of hydrogen-bond donors (Lipinski definition) is 1. The second kappa shape index (κ2) is 6.04. The Bertz CT molecular complexity index is 570. The van der Waals surface area contributed by atoms with Crippen LogP contribution < -0.4 is 4.74 Å². The largest absolute Gasteiger partial charge is 0.488 e. The van der Waals surface area contributed by atoms with E-state index in [1.54, 1.807) is 19.3 Å². The van der Waals surface area contributed by atoms with E-state index in [0.717, 1.165) is 16.7 Å². The van der Waals surface area contributed by atoms with Crippen LogP contribution in [0, 0.1) is 6.92 Å². The van der Waals surface area contributed by atoms with Crippen molar-refractivity contribution in [3.63, 3.8) is 0 Å². The monoisotopic (exact) mass is 277 g/mol. The van der Waals surface area contributed by atoms with Crippen LogP contribution in [0.25, 0.3) is 0 Å². The maximum atomic E-state index is 9.73. The van der Waals surface area contributed by atoms with Gasteiger partial charge < -0.3 is 9.84 Å². The summed E-state index contributed by atoms with van der Waals surface area (Å²) in [4.78, 5) is 3.93. The Morgan fingerprint density at radius 2 is 2.16 bits per heavy atom. The second-order valence-corrected chi connectivity index (χ2v) is 4.88. The highest BCUT2D eigenvalue weighted by molar-refractivity contribution is 6.31. The molecule has 0 aliphatic carbocycles. The fourth-order valence-electron chi connectivity index (χ4n) is 1.79. The van der Waals surface area contributed by atoms with Gasteiger partial charge in [-0.15, -0.1) is 0 Å². The molecule has 0 saturated carbocycles. The maximum Gasteiger partial charge on any atom is 0.125 e. The van der Waals surface area contributed by atoms with E-state index in [1.165, 1.54) is 0 Å². The number of hydrogen-bond acceptors (Lipinski definition) is 3. The minimum Gasteiger partial charge on any atom is -0.488 e. The Hall–Kier alpha value is -1.58. The standard InChI is InChI=1S/C15H16ClNO2/c1-10-3-4-13(11(2)18)15(7-10)19-9-12-5-6-17-8-14(12)16/h3-8,11,18H,9H2,1-2H3/t11-/m0/s1. The Morgan fingerprint density at radius 3 is 2.84 bits per heavy atom. The van der Waals surface area contributed by atoms with Crippen LogP contribution in [0.4, 0.5) is 0 Å². The molecule has 0 radical (unpaired) electrons. The van der Waals surface area contributed by atoms with Gasteiger partial charge in [0.05, 0.1) is 11.1 Å². The molecule has 0 unspecified atom stereocenters. The van der Waals surface area contributed by atoms with Crippen molar-refractivity contribution in [2.24, 2.45) is 0 Å². The Kier molecular flexibility index (Phi) is 4.40. The SMILES string of the molecule is Cc1ccc([C@H](C)O)c(OCc2ccncc2Cl)c1. The first-order valence-corrected chi connectivity index (χ1v) is 6.45. The number of ether oxygens (including phenoxy) is 1. The van der Waals surface area contributed by atoms with Gasteiger partial charge in [0.2, 0.25) is 0 Å². The predicted octanol–water partition coefficient (Wildman–Crippen LogP) is 3.68. The topological polar surface area (TPSA) is 42.4 Å². The van der Waals surface area contributed by atoms with Gasteiger partial charge in [-0.05, 0) is 31.5 Å². The van der Waals surface area contributed by atoms with E-state index in [2.05, 4.69) is 4.98 Å². The lowest BCUT2D eigenvalue weighted by Crippen LogP contribution is -2.02. The molecule has 2 rings (SSSR count). The fraction of sp³-hybridized carbons (Fsp3) is 0.267. The second-order valence-electron chi connectivity index (χ2n) is 4.47. The summed E-state index contributed by atoms with van der Waals surface area (Å²) in [6.45, 7) is 4.06. The zero-order valence-corrected chi connectivity index (χ0v) is 11.7. The van der Waals surface area contributed by atoms with Crippen LogP contribution in [-0.2, 0) is 6.61 Å². The van der Waals surface area contributed by atoms with Gasteiger partial charge in [0.25, 0.3) is 0 Å². The molecular weight excluding hydrogens is 262 g/mol. The summed E-state index contributed by atoms with van der Waals surface area (Å²) < 4.78 is 5.77. The van der Waals surface area contributed by atoms with Crippen LogP contribution in [0.1, 0.15) is 29.7 Å². The molecule has 4 heteroatoms. The first-order chi connectivity index (χ1) is 9.08. The minimum atomic E-state index is -0.566. The van der Waals surface area contributed by atoms with Gasteiger partial charge in [-0.2, -0.15) is 0 Å². The summed E-state index contributed by atoms with van der Waals surface area (Å²) in [5, 5.41) is 10.3. The van der Waals surface area contributed by atoms with Gasteiger partial charge in [0.15, 0.2) is 0 Å². The highest BCUT2D eigenvalue weighted by Crippen LogP contribution is 2.27. The van der Waals surface area contributed by atoms with Crippen molar-refractivity contribution < 1.29 is 9.84 Å². The molecule has 1 heterocycles. The van der Waals surface area contributed by atoms with Crippen molar-refractivity contribution in [1.82, 2.24) is 4.98 Å². The molecule has 1 aromatic heterocycles. The molecule has 0 fully saturated rings. The van der Waals surface area contributed by atoms with Crippen LogP contribution >= 0.6 is 11.6 Å². The van der Waals surface area contributed by atoms with Gasteiger partial charge in [0, 0.05) is 23.5 Å². The summed E-state index contributed by atoms with van der Waals surface area (Å²) >= 11 is 6.03. The minimum absolute atomic E-state index is 0.352. The summed E-state index contributed by atoms with van der Waals surface area (Å²) in [6.07, 6.45) is 2.70. The molecule has 1 N–H and O–H groups in total. The van der Waals surface area contributed by atoms with Crippen molar-refractivity contribution in [2.45, 2.75) is 26.6 Å². The molecule has 1 atom stereocenters. The summed E-state index contributed by atoms with van der Waals surface area (Å²) in [6, 6.07) is 7.56. The number of rotatable bonds is 4. The zero-order valence-electron chi connectivity index (χ0n) is 10.9. The molecule has 0 aliphatic heterocycles. The number of aryl methyl sites for hydroxylation is 1. The molecular formula is C15H16ClNO2. The molecule has 0 spiro atoms. The number of halogens is 1. The molecule has 19 heavy (non-hydrogen) atoms. The number of aliphatic hydroxyl groups is 1. The summed E-state index contributed by atoms with van der Waals surface area (Å²) in [5.74, 6) is 0.683.